The van der Waals surface area contributed by atoms with Crippen molar-refractivity contribution in [3.63, 3.8) is 0 Å². The molecule has 1 atom stereocenters. The van der Waals surface area contributed by atoms with Crippen molar-refractivity contribution in [2.75, 3.05) is 11.4 Å². The Bertz CT molecular complexity index is 1440. The summed E-state index contributed by atoms with van der Waals surface area (Å²) in [6.07, 6.45) is 5.62. The molecule has 2 bridgehead atoms. The first-order chi connectivity index (χ1) is 20.1. The molecule has 42 heavy (non-hydrogen) atoms. The van der Waals surface area contributed by atoms with E-state index in [1.807, 2.05) is 0 Å². The number of carbonyl (C=O) groups is 1. The van der Waals surface area contributed by atoms with E-state index in [-0.39, 0.29) is 47.8 Å². The van der Waals surface area contributed by atoms with Gasteiger partial charge in [-0.25, -0.2) is 22.5 Å². The molecule has 2 heterocycles. The van der Waals surface area contributed by atoms with Crippen LogP contribution in [0.3, 0.4) is 0 Å². The standard InChI is InChI=1S/C31H34F4N4O3/c32-25(33)23-17-41-27(36-23)21-2-1-3-22(15-21)39(24(40)14-19-6-7-31(34,35)16-19)18-29-8-11-30(12-9-29,13-10-29)28-37-26(38-42-28)20-4-5-20/h1-3,15,17,19-20,25H,4-14,16,18H2. The first-order valence-corrected chi connectivity index (χ1v) is 15.0. The molecule has 2 aromatic heterocycles. The fourth-order valence-electron chi connectivity index (χ4n) is 7.34. The number of fused-ring (bicyclic) bond motifs is 3. The van der Waals surface area contributed by atoms with Crippen LogP contribution in [0.2, 0.25) is 0 Å². The van der Waals surface area contributed by atoms with Crippen molar-refractivity contribution < 1.29 is 31.3 Å². The van der Waals surface area contributed by atoms with E-state index in [0.717, 1.165) is 69.3 Å². The zero-order valence-electron chi connectivity index (χ0n) is 23.3. The molecule has 1 unspecified atom stereocenters. The summed E-state index contributed by atoms with van der Waals surface area (Å²) >= 11 is 0. The predicted octanol–water partition coefficient (Wildman–Crippen LogP) is 7.99. The number of aromatic nitrogens is 3. The summed E-state index contributed by atoms with van der Waals surface area (Å²) < 4.78 is 65.3. The van der Waals surface area contributed by atoms with Gasteiger partial charge < -0.3 is 13.8 Å². The first kappa shape index (κ1) is 27.6. The molecule has 5 aliphatic carbocycles. The van der Waals surface area contributed by atoms with E-state index in [1.54, 1.807) is 29.2 Å². The fraction of sp³-hybridized carbons (Fsp3) is 0.613. The molecule has 7 nitrogen and oxygen atoms in total. The summed E-state index contributed by atoms with van der Waals surface area (Å²) in [5.74, 6) is -1.27. The van der Waals surface area contributed by atoms with Crippen LogP contribution < -0.4 is 4.90 Å². The van der Waals surface area contributed by atoms with Crippen LogP contribution in [-0.2, 0) is 10.2 Å². The van der Waals surface area contributed by atoms with Crippen LogP contribution in [0, 0.1) is 11.3 Å². The summed E-state index contributed by atoms with van der Waals surface area (Å²) in [5, 5.41) is 4.25. The van der Waals surface area contributed by atoms with Gasteiger partial charge in [-0.15, -0.1) is 0 Å². The number of anilines is 1. The first-order valence-electron chi connectivity index (χ1n) is 15.0. The molecule has 5 fully saturated rings. The zero-order chi connectivity index (χ0) is 29.1. The summed E-state index contributed by atoms with van der Waals surface area (Å²) in [7, 11) is 0. The number of rotatable bonds is 9. The van der Waals surface area contributed by atoms with Gasteiger partial charge in [0.25, 0.3) is 6.43 Å². The molecule has 0 spiro atoms. The molecular formula is C31H34F4N4O3. The van der Waals surface area contributed by atoms with Gasteiger partial charge in [0.1, 0.15) is 12.0 Å². The summed E-state index contributed by atoms with van der Waals surface area (Å²) in [5.41, 5.74) is 0.346. The Kier molecular flexibility index (Phi) is 6.69. The van der Waals surface area contributed by atoms with Crippen molar-refractivity contribution in [2.24, 2.45) is 11.3 Å². The molecule has 0 aliphatic heterocycles. The lowest BCUT2D eigenvalue weighted by molar-refractivity contribution is -0.120. The molecule has 11 heteroatoms. The van der Waals surface area contributed by atoms with Crippen molar-refractivity contribution in [3.05, 3.63) is 47.9 Å². The molecular weight excluding hydrogens is 552 g/mol. The molecule has 5 aliphatic rings. The highest BCUT2D eigenvalue weighted by molar-refractivity contribution is 5.94. The van der Waals surface area contributed by atoms with Crippen LogP contribution in [0.5, 0.6) is 0 Å². The quantitative estimate of drug-likeness (QED) is 0.236. The van der Waals surface area contributed by atoms with Crippen molar-refractivity contribution in [1.29, 1.82) is 0 Å². The lowest BCUT2D eigenvalue weighted by atomic mass is 9.53. The Morgan fingerprint density at radius 2 is 1.79 bits per heavy atom. The maximum Gasteiger partial charge on any atom is 0.283 e. The maximum atomic E-state index is 14.0. The third-order valence-electron chi connectivity index (χ3n) is 10.2. The van der Waals surface area contributed by atoms with Crippen LogP contribution in [0.1, 0.15) is 107 Å². The molecule has 1 amide bonds. The SMILES string of the molecule is O=C(CC1CCC(F)(F)C1)N(CC12CCC(c3nc(C4CC4)no3)(CC1)CC2)c1cccc(-c2nc(C(F)F)co2)c1. The molecule has 1 aromatic carbocycles. The smallest absolute Gasteiger partial charge is 0.283 e. The normalized spacial score (nSPS) is 28.5. The number of hydrogen-bond acceptors (Lipinski definition) is 6. The topological polar surface area (TPSA) is 85.3 Å². The largest absolute Gasteiger partial charge is 0.444 e. The number of carbonyl (C=O) groups excluding carboxylic acids is 1. The molecule has 8 rings (SSSR count). The van der Waals surface area contributed by atoms with Crippen molar-refractivity contribution >= 4 is 11.6 Å². The lowest BCUT2D eigenvalue weighted by Crippen LogP contribution is -2.51. The van der Waals surface area contributed by atoms with E-state index >= 15 is 0 Å². The van der Waals surface area contributed by atoms with Gasteiger partial charge in [0.15, 0.2) is 5.82 Å². The van der Waals surface area contributed by atoms with E-state index in [9.17, 15) is 22.4 Å². The van der Waals surface area contributed by atoms with Gasteiger partial charge in [-0.2, -0.15) is 4.98 Å². The highest BCUT2D eigenvalue weighted by Crippen LogP contribution is 2.58. The highest BCUT2D eigenvalue weighted by Gasteiger charge is 2.53. The van der Waals surface area contributed by atoms with Crippen LogP contribution in [0.4, 0.5) is 23.2 Å². The zero-order valence-corrected chi connectivity index (χ0v) is 23.3. The van der Waals surface area contributed by atoms with E-state index in [0.29, 0.717) is 30.1 Å². The number of nitrogens with zero attached hydrogens (tertiary/aromatic N) is 4. The number of hydrogen-bond donors (Lipinski definition) is 0. The molecule has 3 aromatic rings. The average molecular weight is 587 g/mol. The van der Waals surface area contributed by atoms with Gasteiger partial charge in [-0.3, -0.25) is 4.79 Å². The Hall–Kier alpha value is -3.24. The summed E-state index contributed by atoms with van der Waals surface area (Å²) in [4.78, 5) is 24.3. The maximum absolute atomic E-state index is 14.0. The lowest BCUT2D eigenvalue weighted by Gasteiger charge is -2.53. The predicted molar refractivity (Wildman–Crippen MR) is 144 cm³/mol. The Morgan fingerprint density at radius 3 is 2.43 bits per heavy atom. The van der Waals surface area contributed by atoms with Crippen molar-refractivity contribution in [1.82, 2.24) is 15.1 Å². The number of halogens is 4. The monoisotopic (exact) mass is 586 g/mol. The highest BCUT2D eigenvalue weighted by atomic mass is 19.3. The Morgan fingerprint density at radius 1 is 1.02 bits per heavy atom. The van der Waals surface area contributed by atoms with E-state index in [2.05, 4.69) is 10.1 Å². The molecule has 0 N–H and O–H groups in total. The molecule has 224 valence electrons. The number of alkyl halides is 4. The van der Waals surface area contributed by atoms with Crippen LogP contribution in [0.25, 0.3) is 11.5 Å². The van der Waals surface area contributed by atoms with Gasteiger partial charge in [0.05, 0.1) is 0 Å². The summed E-state index contributed by atoms with van der Waals surface area (Å²) in [6.45, 7) is 0.458. The van der Waals surface area contributed by atoms with Gasteiger partial charge in [-0.05, 0) is 87.3 Å². The molecule has 0 radical (unpaired) electrons. The number of amides is 1. The second kappa shape index (κ2) is 10.2. The van der Waals surface area contributed by atoms with Gasteiger partial charge in [0, 0.05) is 48.4 Å². The van der Waals surface area contributed by atoms with E-state index in [4.69, 9.17) is 13.9 Å². The van der Waals surface area contributed by atoms with Crippen LogP contribution in [0.15, 0.2) is 39.5 Å². The fourth-order valence-corrected chi connectivity index (χ4v) is 7.34. The average Bonchev–Trinajstić information content (AvgIpc) is 3.34. The minimum absolute atomic E-state index is 0.0402. The van der Waals surface area contributed by atoms with Crippen LogP contribution in [-0.4, -0.2) is 33.5 Å². The minimum Gasteiger partial charge on any atom is -0.444 e. The van der Waals surface area contributed by atoms with Crippen molar-refractivity contribution in [3.8, 4) is 11.5 Å². The molecule has 5 saturated carbocycles. The second-order valence-electron chi connectivity index (χ2n) is 13.1. The number of benzene rings is 1. The van der Waals surface area contributed by atoms with Gasteiger partial charge in [0.2, 0.25) is 23.6 Å². The van der Waals surface area contributed by atoms with Gasteiger partial charge in [-0.1, -0.05) is 11.2 Å². The third kappa shape index (κ3) is 5.24. The van der Waals surface area contributed by atoms with Gasteiger partial charge >= 0.3 is 0 Å². The minimum atomic E-state index is -2.76. The Labute approximate surface area is 241 Å². The van der Waals surface area contributed by atoms with E-state index < -0.39 is 18.0 Å². The molecule has 0 saturated heterocycles. The van der Waals surface area contributed by atoms with Crippen LogP contribution >= 0.6 is 0 Å². The number of oxazole rings is 1. The third-order valence-corrected chi connectivity index (χ3v) is 10.2. The Balaban J connectivity index is 1.13. The van der Waals surface area contributed by atoms with E-state index in [1.165, 1.54) is 0 Å². The van der Waals surface area contributed by atoms with Crippen molar-refractivity contribution in [2.45, 2.75) is 101 Å². The second-order valence-corrected chi connectivity index (χ2v) is 13.1. The summed E-state index contributed by atoms with van der Waals surface area (Å²) in [6, 6.07) is 6.94.